The Hall–Kier alpha value is -2.02. The Kier molecular flexibility index (Phi) is 6.42. The van der Waals surface area contributed by atoms with Gasteiger partial charge >= 0.3 is 12.1 Å². The zero-order valence-corrected chi connectivity index (χ0v) is 13.4. The quantitative estimate of drug-likeness (QED) is 0.714. The summed E-state index contributed by atoms with van der Waals surface area (Å²) in [7, 11) is 0. The number of amides is 1. The van der Waals surface area contributed by atoms with E-state index in [1.807, 2.05) is 6.92 Å². The van der Waals surface area contributed by atoms with Gasteiger partial charge in [0.25, 0.3) is 0 Å². The predicted molar refractivity (Wildman–Crippen MR) is 80.8 cm³/mol. The summed E-state index contributed by atoms with van der Waals surface area (Å²) in [6.45, 7) is 8.20. The van der Waals surface area contributed by atoms with E-state index in [0.29, 0.717) is 18.8 Å². The van der Waals surface area contributed by atoms with Crippen molar-refractivity contribution in [3.05, 3.63) is 23.7 Å². The first kappa shape index (κ1) is 18.0. The van der Waals surface area contributed by atoms with Crippen LogP contribution in [-0.4, -0.2) is 35.4 Å². The highest BCUT2D eigenvalue weighted by Crippen LogP contribution is 2.08. The Morgan fingerprint density at radius 1 is 1.36 bits per heavy atom. The van der Waals surface area contributed by atoms with Crippen molar-refractivity contribution in [3.63, 3.8) is 0 Å². The summed E-state index contributed by atoms with van der Waals surface area (Å²) in [5.74, 6) is -0.644. The van der Waals surface area contributed by atoms with Crippen molar-refractivity contribution in [1.29, 1.82) is 0 Å². The minimum atomic E-state index is -1.09. The zero-order valence-electron chi connectivity index (χ0n) is 13.4. The molecule has 1 aromatic heterocycles. The van der Waals surface area contributed by atoms with Gasteiger partial charge in [-0.1, -0.05) is 6.92 Å². The monoisotopic (exact) mass is 312 g/mol. The van der Waals surface area contributed by atoms with E-state index in [-0.39, 0.29) is 11.8 Å². The number of alkyl carbamates (subject to hydrolysis) is 1. The Bertz CT molecular complexity index is 504. The van der Waals surface area contributed by atoms with E-state index in [1.165, 1.54) is 6.07 Å². The maximum absolute atomic E-state index is 11.6. The number of furan rings is 1. The number of carboxylic acid groups (broad SMARTS) is 1. The van der Waals surface area contributed by atoms with Crippen molar-refractivity contribution in [2.75, 3.05) is 6.54 Å². The van der Waals surface area contributed by atoms with Crippen LogP contribution in [0.3, 0.4) is 0 Å². The van der Waals surface area contributed by atoms with Gasteiger partial charge in [0.1, 0.15) is 11.4 Å². The standard InChI is InChI=1S/C15H24N2O5/c1-5-10(8-17-14(20)22-15(2,3)4)16-9-11-6-7-12(21-11)13(18)19/h6-7,10,16H,5,8-9H2,1-4H3,(H,17,20)(H,18,19). The van der Waals surface area contributed by atoms with Crippen LogP contribution in [0.15, 0.2) is 16.5 Å². The molecule has 0 aliphatic carbocycles. The Labute approximate surface area is 130 Å². The molecule has 0 fully saturated rings. The van der Waals surface area contributed by atoms with Crippen LogP contribution in [0.1, 0.15) is 50.4 Å². The molecule has 22 heavy (non-hydrogen) atoms. The minimum Gasteiger partial charge on any atom is -0.475 e. The van der Waals surface area contributed by atoms with E-state index in [2.05, 4.69) is 10.6 Å². The van der Waals surface area contributed by atoms with Gasteiger partial charge < -0.3 is 24.9 Å². The van der Waals surface area contributed by atoms with Crippen LogP contribution in [0, 0.1) is 0 Å². The lowest BCUT2D eigenvalue weighted by Gasteiger charge is -2.22. The first-order valence-electron chi connectivity index (χ1n) is 7.23. The highest BCUT2D eigenvalue weighted by atomic mass is 16.6. The molecular weight excluding hydrogens is 288 g/mol. The molecule has 0 saturated heterocycles. The van der Waals surface area contributed by atoms with Crippen molar-refractivity contribution in [1.82, 2.24) is 10.6 Å². The van der Waals surface area contributed by atoms with Crippen LogP contribution in [0.5, 0.6) is 0 Å². The van der Waals surface area contributed by atoms with Gasteiger partial charge in [0.15, 0.2) is 0 Å². The van der Waals surface area contributed by atoms with Gasteiger partial charge in [-0.3, -0.25) is 0 Å². The highest BCUT2D eigenvalue weighted by Gasteiger charge is 2.17. The van der Waals surface area contributed by atoms with Gasteiger partial charge in [-0.15, -0.1) is 0 Å². The van der Waals surface area contributed by atoms with E-state index in [4.69, 9.17) is 14.3 Å². The number of carbonyl (C=O) groups excluding carboxylic acids is 1. The molecule has 1 unspecified atom stereocenters. The summed E-state index contributed by atoms with van der Waals surface area (Å²) in [4.78, 5) is 22.3. The van der Waals surface area contributed by atoms with Crippen LogP contribution in [0.2, 0.25) is 0 Å². The predicted octanol–water partition coefficient (Wildman–Crippen LogP) is 2.37. The molecule has 0 aliphatic rings. The topological polar surface area (TPSA) is 101 Å². The number of aromatic carboxylic acids is 1. The number of hydrogen-bond donors (Lipinski definition) is 3. The molecule has 0 spiro atoms. The molecule has 0 radical (unpaired) electrons. The Morgan fingerprint density at radius 3 is 2.55 bits per heavy atom. The van der Waals surface area contributed by atoms with Crippen molar-refractivity contribution < 1.29 is 23.8 Å². The third-order valence-electron chi connectivity index (χ3n) is 2.82. The molecule has 3 N–H and O–H groups in total. The molecular formula is C15H24N2O5. The lowest BCUT2D eigenvalue weighted by atomic mass is 10.2. The lowest BCUT2D eigenvalue weighted by molar-refractivity contribution is 0.0521. The van der Waals surface area contributed by atoms with Crippen LogP contribution >= 0.6 is 0 Å². The number of ether oxygens (including phenoxy) is 1. The maximum Gasteiger partial charge on any atom is 0.407 e. The summed E-state index contributed by atoms with van der Waals surface area (Å²) in [6, 6.07) is 3.06. The number of nitrogens with one attached hydrogen (secondary N) is 2. The maximum atomic E-state index is 11.6. The molecule has 7 nitrogen and oxygen atoms in total. The van der Waals surface area contributed by atoms with E-state index >= 15 is 0 Å². The molecule has 1 atom stereocenters. The Morgan fingerprint density at radius 2 is 2.05 bits per heavy atom. The van der Waals surface area contributed by atoms with Gasteiger partial charge in [0, 0.05) is 12.6 Å². The van der Waals surface area contributed by atoms with Crippen LogP contribution in [-0.2, 0) is 11.3 Å². The second-order valence-corrected chi connectivity index (χ2v) is 5.94. The first-order chi connectivity index (χ1) is 10.2. The number of carboxylic acids is 1. The number of carbonyl (C=O) groups is 2. The zero-order chi connectivity index (χ0) is 16.8. The molecule has 0 bridgehead atoms. The van der Waals surface area contributed by atoms with Gasteiger partial charge in [-0.25, -0.2) is 9.59 Å². The Balaban J connectivity index is 2.38. The summed E-state index contributed by atoms with van der Waals surface area (Å²) in [5.41, 5.74) is -0.527. The van der Waals surface area contributed by atoms with Gasteiger partial charge in [-0.05, 0) is 39.3 Å². The fourth-order valence-corrected chi connectivity index (χ4v) is 1.71. The number of rotatable bonds is 7. The van der Waals surface area contributed by atoms with E-state index in [0.717, 1.165) is 6.42 Å². The van der Waals surface area contributed by atoms with Gasteiger partial charge in [-0.2, -0.15) is 0 Å². The van der Waals surface area contributed by atoms with Crippen molar-refractivity contribution in [3.8, 4) is 0 Å². The summed E-state index contributed by atoms with van der Waals surface area (Å²) >= 11 is 0. The third kappa shape index (κ3) is 6.62. The van der Waals surface area contributed by atoms with Crippen molar-refractivity contribution in [2.24, 2.45) is 0 Å². The summed E-state index contributed by atoms with van der Waals surface area (Å²) < 4.78 is 10.3. The molecule has 1 heterocycles. The lowest BCUT2D eigenvalue weighted by Crippen LogP contribution is -2.42. The molecule has 0 saturated carbocycles. The van der Waals surface area contributed by atoms with Crippen molar-refractivity contribution in [2.45, 2.75) is 52.3 Å². The van der Waals surface area contributed by atoms with Gasteiger partial charge in [0.05, 0.1) is 6.54 Å². The SMILES string of the molecule is CCC(CNC(=O)OC(C)(C)C)NCc1ccc(C(=O)O)o1. The molecule has 0 aliphatic heterocycles. The van der Waals surface area contributed by atoms with Gasteiger partial charge in [0.2, 0.25) is 5.76 Å². The molecule has 0 aromatic carbocycles. The molecule has 7 heteroatoms. The normalized spacial score (nSPS) is 12.7. The van der Waals surface area contributed by atoms with E-state index in [1.54, 1.807) is 26.8 Å². The van der Waals surface area contributed by atoms with E-state index in [9.17, 15) is 9.59 Å². The summed E-state index contributed by atoms with van der Waals surface area (Å²) in [5, 5.41) is 14.7. The van der Waals surface area contributed by atoms with Crippen molar-refractivity contribution >= 4 is 12.1 Å². The number of hydrogen-bond acceptors (Lipinski definition) is 5. The average Bonchev–Trinajstić information content (AvgIpc) is 2.86. The van der Waals surface area contributed by atoms with Crippen LogP contribution < -0.4 is 10.6 Å². The average molecular weight is 312 g/mol. The summed E-state index contributed by atoms with van der Waals surface area (Å²) in [6.07, 6.45) is 0.335. The molecule has 1 aromatic rings. The first-order valence-corrected chi connectivity index (χ1v) is 7.23. The fourth-order valence-electron chi connectivity index (χ4n) is 1.71. The molecule has 1 amide bonds. The molecule has 124 valence electrons. The second-order valence-electron chi connectivity index (χ2n) is 5.94. The highest BCUT2D eigenvalue weighted by molar-refractivity contribution is 5.84. The fraction of sp³-hybridized carbons (Fsp3) is 0.600. The van der Waals surface area contributed by atoms with Crippen LogP contribution in [0.25, 0.3) is 0 Å². The molecule has 1 rings (SSSR count). The minimum absolute atomic E-state index is 0.0332. The van der Waals surface area contributed by atoms with E-state index < -0.39 is 17.7 Å². The third-order valence-corrected chi connectivity index (χ3v) is 2.82. The largest absolute Gasteiger partial charge is 0.475 e. The van der Waals surface area contributed by atoms with Crippen LogP contribution in [0.4, 0.5) is 4.79 Å². The second kappa shape index (κ2) is 7.84. The smallest absolute Gasteiger partial charge is 0.407 e.